The third-order valence-corrected chi connectivity index (χ3v) is 8.74. The van der Waals surface area contributed by atoms with Crippen LogP contribution >= 0.6 is 0 Å². The first-order chi connectivity index (χ1) is 11.1. The van der Waals surface area contributed by atoms with Crippen molar-refractivity contribution >= 4 is 20.3 Å². The van der Waals surface area contributed by atoms with Gasteiger partial charge in [-0.15, -0.1) is 0 Å². The number of carbonyl (C=O) groups excluding carboxylic acids is 1. The normalized spacial score (nSPS) is 14.6. The zero-order chi connectivity index (χ0) is 19.9. The highest BCUT2D eigenvalue weighted by Crippen LogP contribution is 2.38. The fourth-order valence-electron chi connectivity index (χ4n) is 1.89. The van der Waals surface area contributed by atoms with Gasteiger partial charge in [0.1, 0.15) is 5.60 Å². The van der Waals surface area contributed by atoms with Crippen LogP contribution in [0.25, 0.3) is 0 Å². The van der Waals surface area contributed by atoms with Gasteiger partial charge in [-0.05, 0) is 57.8 Å². The molecule has 0 rings (SSSR count). The summed E-state index contributed by atoms with van der Waals surface area (Å²) in [7, 11) is -1.99. The molecule has 1 unspecified atom stereocenters. The summed E-state index contributed by atoms with van der Waals surface area (Å²) in [5.74, 6) is -1.17. The lowest BCUT2D eigenvalue weighted by molar-refractivity contribution is -0.148. The summed E-state index contributed by atoms with van der Waals surface area (Å²) in [6.45, 7) is 16.3. The van der Waals surface area contributed by atoms with E-state index in [9.17, 15) is 9.59 Å². The topological polar surface area (TPSA) is 72.8 Å². The summed E-state index contributed by atoms with van der Waals surface area (Å²) in [5.41, 5.74) is -0.529. The minimum Gasteiger partial charge on any atom is -0.481 e. The number of hydrogen-bond acceptors (Lipinski definition) is 4. The predicted molar refractivity (Wildman–Crippen MR) is 103 cm³/mol. The second-order valence-corrected chi connectivity index (χ2v) is 13.7. The van der Waals surface area contributed by atoms with Crippen molar-refractivity contribution in [1.82, 2.24) is 0 Å². The zero-order valence-electron chi connectivity index (χ0n) is 17.1. The van der Waals surface area contributed by atoms with Crippen LogP contribution in [0.1, 0.15) is 67.2 Å². The highest BCUT2D eigenvalue weighted by molar-refractivity contribution is 6.74. The fourth-order valence-corrected chi connectivity index (χ4v) is 3.20. The van der Waals surface area contributed by atoms with Crippen molar-refractivity contribution < 1.29 is 23.9 Å². The predicted octanol–water partition coefficient (Wildman–Crippen LogP) is 4.92. The monoisotopic (exact) mass is 372 g/mol. The van der Waals surface area contributed by atoms with Gasteiger partial charge in [0.15, 0.2) is 8.32 Å². The molecule has 0 amide bonds. The van der Waals surface area contributed by atoms with Crippen molar-refractivity contribution in [2.24, 2.45) is 0 Å². The number of hydrogen-bond donors (Lipinski definition) is 1. The van der Waals surface area contributed by atoms with Crippen LogP contribution in [-0.4, -0.2) is 37.1 Å². The fraction of sp³-hybridized carbons (Fsp3) is 0.789. The second-order valence-electron chi connectivity index (χ2n) is 8.95. The number of aliphatic carboxylic acids is 1. The van der Waals surface area contributed by atoms with E-state index in [1.165, 1.54) is 6.08 Å². The average Bonchev–Trinajstić information content (AvgIpc) is 2.36. The highest BCUT2D eigenvalue weighted by Gasteiger charge is 2.38. The molecule has 0 aliphatic heterocycles. The summed E-state index contributed by atoms with van der Waals surface area (Å²) in [6, 6.07) is 0. The van der Waals surface area contributed by atoms with Crippen molar-refractivity contribution in [3.8, 4) is 0 Å². The third-order valence-electron chi connectivity index (χ3n) is 4.24. The Morgan fingerprint density at radius 2 is 1.64 bits per heavy atom. The standard InChI is InChI=1S/C19H36O5Si/c1-18(2,3)23-17(22)14-13-15(11-9-10-12-16(20)21)24-25(7,8)19(4,5)6/h13-15H,9-12H2,1-8H3,(H,20,21)/b14-13+. The quantitative estimate of drug-likeness (QED) is 0.269. The van der Waals surface area contributed by atoms with Gasteiger partial charge in [-0.3, -0.25) is 4.79 Å². The van der Waals surface area contributed by atoms with Crippen molar-refractivity contribution in [3.05, 3.63) is 12.2 Å². The van der Waals surface area contributed by atoms with Crippen molar-refractivity contribution in [2.75, 3.05) is 0 Å². The molecule has 0 fully saturated rings. The average molecular weight is 373 g/mol. The van der Waals surface area contributed by atoms with Crippen LogP contribution in [0.5, 0.6) is 0 Å². The molecule has 0 radical (unpaired) electrons. The summed E-state index contributed by atoms with van der Waals surface area (Å²) < 4.78 is 11.7. The van der Waals surface area contributed by atoms with E-state index in [-0.39, 0.29) is 23.5 Å². The van der Waals surface area contributed by atoms with E-state index >= 15 is 0 Å². The molecule has 0 aliphatic carbocycles. The van der Waals surface area contributed by atoms with Crippen LogP contribution in [0.3, 0.4) is 0 Å². The molecule has 0 aromatic rings. The van der Waals surface area contributed by atoms with Crippen molar-refractivity contribution in [1.29, 1.82) is 0 Å². The molecule has 0 aliphatic rings. The van der Waals surface area contributed by atoms with Crippen LogP contribution in [0.2, 0.25) is 18.1 Å². The van der Waals surface area contributed by atoms with Gasteiger partial charge in [-0.2, -0.15) is 0 Å². The maximum atomic E-state index is 11.9. The number of carbonyl (C=O) groups is 2. The van der Waals surface area contributed by atoms with E-state index in [4.69, 9.17) is 14.3 Å². The molecular weight excluding hydrogens is 336 g/mol. The lowest BCUT2D eigenvalue weighted by Crippen LogP contribution is -2.43. The summed E-state index contributed by atoms with van der Waals surface area (Å²) >= 11 is 0. The lowest BCUT2D eigenvalue weighted by Gasteiger charge is -2.38. The van der Waals surface area contributed by atoms with Crippen LogP contribution in [0, 0.1) is 0 Å². The number of carboxylic acids is 1. The van der Waals surface area contributed by atoms with Crippen molar-refractivity contribution in [3.63, 3.8) is 0 Å². The Bertz CT molecular complexity index is 469. The summed E-state index contributed by atoms with van der Waals surface area (Å²) in [5, 5.41) is 8.82. The Hall–Kier alpha value is -1.14. The van der Waals surface area contributed by atoms with E-state index in [0.29, 0.717) is 12.8 Å². The maximum absolute atomic E-state index is 11.9. The SMILES string of the molecule is CC(C)(C)OC(=O)/C=C/C(CCCCC(=O)O)O[Si](C)(C)C(C)(C)C. The van der Waals surface area contributed by atoms with Gasteiger partial charge in [0, 0.05) is 12.5 Å². The van der Waals surface area contributed by atoms with E-state index in [0.717, 1.165) is 6.42 Å². The molecule has 1 N–H and O–H groups in total. The molecule has 0 saturated heterocycles. The van der Waals surface area contributed by atoms with Gasteiger partial charge < -0.3 is 14.3 Å². The van der Waals surface area contributed by atoms with E-state index in [1.54, 1.807) is 6.08 Å². The summed E-state index contributed by atoms with van der Waals surface area (Å²) in [6.07, 6.45) is 5.18. The number of rotatable bonds is 9. The Balaban J connectivity index is 4.94. The molecule has 0 spiro atoms. The number of esters is 1. The molecule has 6 heteroatoms. The molecular formula is C19H36O5Si. The third kappa shape index (κ3) is 11.2. The Kier molecular flexibility index (Phi) is 9.09. The first kappa shape index (κ1) is 23.9. The van der Waals surface area contributed by atoms with Crippen molar-refractivity contribution in [2.45, 2.75) is 97.1 Å². The van der Waals surface area contributed by atoms with E-state index in [1.807, 2.05) is 20.8 Å². The zero-order valence-corrected chi connectivity index (χ0v) is 18.1. The molecule has 0 heterocycles. The molecule has 0 aromatic heterocycles. The van der Waals surface area contributed by atoms with Gasteiger partial charge in [-0.1, -0.05) is 27.2 Å². The number of unbranched alkanes of at least 4 members (excludes halogenated alkanes) is 1. The van der Waals surface area contributed by atoms with Gasteiger partial charge in [0.05, 0.1) is 6.10 Å². The van der Waals surface area contributed by atoms with Gasteiger partial charge in [0.2, 0.25) is 0 Å². The number of ether oxygens (including phenoxy) is 1. The largest absolute Gasteiger partial charge is 0.481 e. The molecule has 146 valence electrons. The smallest absolute Gasteiger partial charge is 0.331 e. The first-order valence-electron chi connectivity index (χ1n) is 8.95. The second kappa shape index (κ2) is 9.53. The number of carboxylic acid groups (broad SMARTS) is 1. The molecule has 1 atom stereocenters. The Morgan fingerprint density at radius 1 is 1.08 bits per heavy atom. The van der Waals surface area contributed by atoms with Crippen LogP contribution in [-0.2, 0) is 18.8 Å². The Morgan fingerprint density at radius 3 is 2.08 bits per heavy atom. The van der Waals surface area contributed by atoms with Crippen LogP contribution in [0.15, 0.2) is 12.2 Å². The van der Waals surface area contributed by atoms with Crippen LogP contribution in [0.4, 0.5) is 0 Å². The van der Waals surface area contributed by atoms with E-state index in [2.05, 4.69) is 33.9 Å². The van der Waals surface area contributed by atoms with Gasteiger partial charge >= 0.3 is 11.9 Å². The molecule has 0 aromatic carbocycles. The van der Waals surface area contributed by atoms with Crippen LogP contribution < -0.4 is 0 Å². The lowest BCUT2D eigenvalue weighted by atomic mass is 10.1. The van der Waals surface area contributed by atoms with Gasteiger partial charge in [0.25, 0.3) is 0 Å². The molecule has 25 heavy (non-hydrogen) atoms. The molecule has 0 saturated carbocycles. The molecule has 0 bridgehead atoms. The minimum absolute atomic E-state index is 0.0616. The first-order valence-corrected chi connectivity index (χ1v) is 11.9. The molecule has 5 nitrogen and oxygen atoms in total. The minimum atomic E-state index is -1.99. The maximum Gasteiger partial charge on any atom is 0.331 e. The highest BCUT2D eigenvalue weighted by atomic mass is 28.4. The Labute approximate surface area is 153 Å². The van der Waals surface area contributed by atoms with E-state index < -0.39 is 19.9 Å². The van der Waals surface area contributed by atoms with Gasteiger partial charge in [-0.25, -0.2) is 4.79 Å². The summed E-state index contributed by atoms with van der Waals surface area (Å²) in [4.78, 5) is 22.6.